The van der Waals surface area contributed by atoms with Crippen molar-refractivity contribution in [3.63, 3.8) is 0 Å². The lowest BCUT2D eigenvalue weighted by molar-refractivity contribution is 1.18. The fourth-order valence-electron chi connectivity index (χ4n) is 7.92. The molecule has 0 fully saturated rings. The maximum atomic E-state index is 5.27. The number of thiophene rings is 1. The molecule has 4 heteroatoms. The summed E-state index contributed by atoms with van der Waals surface area (Å²) in [6.45, 7) is 0. The molecule has 11 aromatic rings. The Bertz CT molecular complexity index is 3140. The van der Waals surface area contributed by atoms with E-state index in [1.54, 1.807) is 11.3 Å². The van der Waals surface area contributed by atoms with Crippen LogP contribution in [0.25, 0.3) is 103 Å². The van der Waals surface area contributed by atoms with Gasteiger partial charge in [-0.05, 0) is 69.1 Å². The van der Waals surface area contributed by atoms with Crippen LogP contribution >= 0.6 is 11.3 Å². The SMILES string of the molecule is c1ccc(-c2nc(-c3ccc4c(ccc5ccccc54)c3)c3sc4cc(-c5cccc(-n6c7ccccc7c7ccccc76)c5)ccc4c3n2)cc1. The van der Waals surface area contributed by atoms with Crippen LogP contribution < -0.4 is 0 Å². The Morgan fingerprint density at radius 2 is 1.04 bits per heavy atom. The van der Waals surface area contributed by atoms with Crippen molar-refractivity contribution in [1.82, 2.24) is 14.5 Å². The first kappa shape index (κ1) is 29.1. The molecule has 0 aliphatic rings. The van der Waals surface area contributed by atoms with E-state index < -0.39 is 0 Å². The van der Waals surface area contributed by atoms with Gasteiger partial charge in [-0.25, -0.2) is 9.97 Å². The second-order valence-electron chi connectivity index (χ2n) is 13.4. The summed E-state index contributed by atoms with van der Waals surface area (Å²) in [7, 11) is 0. The molecule has 242 valence electrons. The van der Waals surface area contributed by atoms with Crippen LogP contribution in [0.4, 0.5) is 0 Å². The quantitative estimate of drug-likeness (QED) is 0.173. The van der Waals surface area contributed by atoms with Gasteiger partial charge in [0.25, 0.3) is 0 Å². The molecule has 0 N–H and O–H groups in total. The highest BCUT2D eigenvalue weighted by Gasteiger charge is 2.18. The lowest BCUT2D eigenvalue weighted by Crippen LogP contribution is -1.94. The Balaban J connectivity index is 1.09. The Morgan fingerprint density at radius 3 is 1.87 bits per heavy atom. The molecule has 0 spiro atoms. The largest absolute Gasteiger partial charge is 0.309 e. The zero-order chi connectivity index (χ0) is 34.2. The minimum atomic E-state index is 0.740. The molecule has 3 aromatic heterocycles. The van der Waals surface area contributed by atoms with Crippen molar-refractivity contribution in [3.05, 3.63) is 176 Å². The van der Waals surface area contributed by atoms with E-state index in [1.165, 1.54) is 59.2 Å². The minimum absolute atomic E-state index is 0.740. The van der Waals surface area contributed by atoms with E-state index in [-0.39, 0.29) is 0 Å². The van der Waals surface area contributed by atoms with E-state index in [0.717, 1.165) is 43.9 Å². The molecule has 0 radical (unpaired) electrons. The summed E-state index contributed by atoms with van der Waals surface area (Å²) in [5.74, 6) is 0.740. The zero-order valence-electron chi connectivity index (χ0n) is 28.0. The summed E-state index contributed by atoms with van der Waals surface area (Å²) in [6.07, 6.45) is 0. The van der Waals surface area contributed by atoms with Gasteiger partial charge in [0.2, 0.25) is 0 Å². The topological polar surface area (TPSA) is 30.7 Å². The summed E-state index contributed by atoms with van der Waals surface area (Å²) in [5.41, 5.74) is 9.99. The zero-order valence-corrected chi connectivity index (χ0v) is 28.8. The van der Waals surface area contributed by atoms with Gasteiger partial charge >= 0.3 is 0 Å². The van der Waals surface area contributed by atoms with Gasteiger partial charge in [0.15, 0.2) is 5.82 Å². The highest BCUT2D eigenvalue weighted by molar-refractivity contribution is 7.26. The van der Waals surface area contributed by atoms with Gasteiger partial charge in [-0.15, -0.1) is 11.3 Å². The van der Waals surface area contributed by atoms with Gasteiger partial charge < -0.3 is 4.57 Å². The Morgan fingerprint density at radius 1 is 0.404 bits per heavy atom. The van der Waals surface area contributed by atoms with Crippen LogP contribution in [-0.4, -0.2) is 14.5 Å². The molecule has 3 nitrogen and oxygen atoms in total. The Labute approximate surface area is 303 Å². The molecular formula is C48H29N3S. The number of rotatable bonds is 4. The monoisotopic (exact) mass is 679 g/mol. The fourth-order valence-corrected chi connectivity index (χ4v) is 9.11. The number of benzene rings is 8. The summed E-state index contributed by atoms with van der Waals surface area (Å²) >= 11 is 1.78. The lowest BCUT2D eigenvalue weighted by Gasteiger charge is -2.10. The highest BCUT2D eigenvalue weighted by atomic mass is 32.1. The predicted octanol–water partition coefficient (Wildman–Crippen LogP) is 13.2. The first-order chi connectivity index (χ1) is 25.8. The van der Waals surface area contributed by atoms with Gasteiger partial charge in [0.05, 0.1) is 26.9 Å². The van der Waals surface area contributed by atoms with Crippen molar-refractivity contribution in [2.24, 2.45) is 0 Å². The smallest absolute Gasteiger partial charge is 0.160 e. The summed E-state index contributed by atoms with van der Waals surface area (Å²) in [5, 5.41) is 8.65. The highest BCUT2D eigenvalue weighted by Crippen LogP contribution is 2.42. The van der Waals surface area contributed by atoms with Gasteiger partial charge in [-0.1, -0.05) is 140 Å². The van der Waals surface area contributed by atoms with E-state index in [4.69, 9.17) is 9.97 Å². The number of aromatic nitrogens is 3. The number of hydrogen-bond donors (Lipinski definition) is 0. The Hall–Kier alpha value is -6.62. The maximum Gasteiger partial charge on any atom is 0.160 e. The first-order valence-electron chi connectivity index (χ1n) is 17.6. The third-order valence-electron chi connectivity index (χ3n) is 10.4. The van der Waals surface area contributed by atoms with E-state index in [0.29, 0.717) is 0 Å². The molecule has 0 atom stereocenters. The summed E-state index contributed by atoms with van der Waals surface area (Å²) < 4.78 is 4.68. The molecule has 0 aliphatic heterocycles. The number of fused-ring (bicyclic) bond motifs is 9. The van der Waals surface area contributed by atoms with Crippen molar-refractivity contribution in [2.45, 2.75) is 0 Å². The van der Waals surface area contributed by atoms with Crippen LogP contribution in [0, 0.1) is 0 Å². The molecule has 3 heterocycles. The second kappa shape index (κ2) is 11.5. The van der Waals surface area contributed by atoms with Gasteiger partial charge in [0, 0.05) is 37.7 Å². The van der Waals surface area contributed by atoms with Gasteiger partial charge in [0.1, 0.15) is 0 Å². The molecular weight excluding hydrogens is 651 g/mol. The number of nitrogens with zero attached hydrogens (tertiary/aromatic N) is 3. The van der Waals surface area contributed by atoms with E-state index in [1.807, 2.05) is 6.07 Å². The van der Waals surface area contributed by atoms with Gasteiger partial charge in [-0.2, -0.15) is 0 Å². The minimum Gasteiger partial charge on any atom is -0.309 e. The van der Waals surface area contributed by atoms with E-state index in [2.05, 4.69) is 174 Å². The molecule has 0 aliphatic carbocycles. The van der Waals surface area contributed by atoms with Crippen molar-refractivity contribution in [2.75, 3.05) is 0 Å². The summed E-state index contributed by atoms with van der Waals surface area (Å²) in [6, 6.07) is 63.2. The van der Waals surface area contributed by atoms with Gasteiger partial charge in [-0.3, -0.25) is 0 Å². The van der Waals surface area contributed by atoms with Crippen LogP contribution in [0.5, 0.6) is 0 Å². The molecule has 0 saturated carbocycles. The molecule has 0 amide bonds. The third kappa shape index (κ3) is 4.51. The lowest BCUT2D eigenvalue weighted by atomic mass is 9.99. The van der Waals surface area contributed by atoms with Crippen LogP contribution in [0.2, 0.25) is 0 Å². The average Bonchev–Trinajstić information content (AvgIpc) is 3.76. The molecule has 11 rings (SSSR count). The third-order valence-corrected chi connectivity index (χ3v) is 11.5. The molecule has 0 unspecified atom stereocenters. The van der Waals surface area contributed by atoms with Crippen molar-refractivity contribution in [1.29, 1.82) is 0 Å². The van der Waals surface area contributed by atoms with Crippen molar-refractivity contribution >= 4 is 75.0 Å². The normalized spacial score (nSPS) is 11.8. The van der Waals surface area contributed by atoms with E-state index in [9.17, 15) is 0 Å². The van der Waals surface area contributed by atoms with Crippen LogP contribution in [-0.2, 0) is 0 Å². The second-order valence-corrected chi connectivity index (χ2v) is 14.4. The molecule has 0 bridgehead atoms. The van der Waals surface area contributed by atoms with Crippen molar-refractivity contribution < 1.29 is 0 Å². The molecule has 52 heavy (non-hydrogen) atoms. The predicted molar refractivity (Wildman–Crippen MR) is 221 cm³/mol. The number of para-hydroxylation sites is 2. The fraction of sp³-hybridized carbons (Fsp3) is 0. The number of hydrogen-bond acceptors (Lipinski definition) is 3. The van der Waals surface area contributed by atoms with Crippen LogP contribution in [0.1, 0.15) is 0 Å². The van der Waals surface area contributed by atoms with Crippen LogP contribution in [0.15, 0.2) is 176 Å². The first-order valence-corrected chi connectivity index (χ1v) is 18.4. The van der Waals surface area contributed by atoms with Crippen LogP contribution in [0.3, 0.4) is 0 Å². The molecule has 0 saturated heterocycles. The summed E-state index contributed by atoms with van der Waals surface area (Å²) in [4.78, 5) is 10.5. The molecule has 8 aromatic carbocycles. The maximum absolute atomic E-state index is 5.27. The van der Waals surface area contributed by atoms with Crippen molar-refractivity contribution in [3.8, 4) is 39.5 Å². The van der Waals surface area contributed by atoms with E-state index >= 15 is 0 Å². The standard InChI is InChI=1S/C48H29N3S/c1-2-12-31(13-3-1)48-49-45(35-24-25-38-34(27-35)22-21-30-11-4-5-16-37(30)38)47-46(50-48)41-26-23-33(29-44(41)52-47)32-14-10-15-36(28-32)51-42-19-8-6-17-39(42)40-18-7-9-20-43(40)51/h1-29H. The Kier molecular flexibility index (Phi) is 6.42. The average molecular weight is 680 g/mol.